The zero-order chi connectivity index (χ0) is 26.9. The van der Waals surface area contributed by atoms with Crippen molar-refractivity contribution in [1.29, 1.82) is 0 Å². The zero-order valence-corrected chi connectivity index (χ0v) is 24.9. The summed E-state index contributed by atoms with van der Waals surface area (Å²) in [5.74, 6) is 0. The number of benzene rings is 6. The van der Waals surface area contributed by atoms with E-state index in [2.05, 4.69) is 177 Å². The fraction of sp³-hybridized carbons (Fsp3) is 0. The Bertz CT molecular complexity index is 1880. The monoisotopic (exact) mass is 644 g/mol. The van der Waals surface area contributed by atoms with Crippen LogP contribution in [0.4, 0.5) is 34.1 Å². The molecule has 1 aromatic heterocycles. The van der Waals surface area contributed by atoms with Crippen molar-refractivity contribution in [3.05, 3.63) is 156 Å². The second kappa shape index (κ2) is 10.8. The van der Waals surface area contributed by atoms with Crippen LogP contribution in [0, 0.1) is 0 Å². The Labute approximate surface area is 248 Å². The Hall–Kier alpha value is -4.08. The third kappa shape index (κ3) is 4.65. The first-order valence-corrected chi connectivity index (χ1v) is 15.7. The average Bonchev–Trinajstić information content (AvgIpc) is 3.38. The number of hydrogen-bond donors (Lipinski definition) is 0. The van der Waals surface area contributed by atoms with Crippen LogP contribution in [0.2, 0.25) is 0 Å². The Balaban J connectivity index is 1.57. The van der Waals surface area contributed by atoms with Gasteiger partial charge in [0.15, 0.2) is 0 Å². The van der Waals surface area contributed by atoms with Crippen molar-refractivity contribution in [2.75, 3.05) is 9.80 Å². The summed E-state index contributed by atoms with van der Waals surface area (Å²) in [5, 5.41) is 2.67. The van der Waals surface area contributed by atoms with E-state index < -0.39 is 0 Å². The van der Waals surface area contributed by atoms with Gasteiger partial charge in [-0.2, -0.15) is 0 Å². The maximum absolute atomic E-state index is 3.71. The predicted molar refractivity (Wildman–Crippen MR) is 175 cm³/mol. The van der Waals surface area contributed by atoms with Gasteiger partial charge < -0.3 is 0 Å². The van der Waals surface area contributed by atoms with E-state index in [0.29, 0.717) is 0 Å². The van der Waals surface area contributed by atoms with Crippen molar-refractivity contribution in [2.45, 2.75) is 0 Å². The molecule has 0 N–H and O–H groups in total. The van der Waals surface area contributed by atoms with Gasteiger partial charge in [0.25, 0.3) is 0 Å². The Morgan fingerprint density at radius 3 is 1.60 bits per heavy atom. The van der Waals surface area contributed by atoms with E-state index in [1.165, 1.54) is 25.0 Å². The normalized spacial score (nSPS) is 11.1. The van der Waals surface area contributed by atoms with Crippen LogP contribution in [-0.4, -0.2) is 14.5 Å². The van der Waals surface area contributed by atoms with Crippen LogP contribution in [-0.2, 0) is 0 Å². The van der Waals surface area contributed by atoms with Gasteiger partial charge in [0.2, 0.25) is 0 Å². The number of para-hydroxylation sites is 3. The van der Waals surface area contributed by atoms with Gasteiger partial charge in [-0.05, 0) is 0 Å². The Morgan fingerprint density at radius 2 is 0.975 bits per heavy atom. The van der Waals surface area contributed by atoms with Crippen LogP contribution in [0.5, 0.6) is 0 Å². The molecule has 0 aliphatic carbocycles. The summed E-state index contributed by atoms with van der Waals surface area (Å²) in [6, 6.07) is 54.3. The second-order valence-electron chi connectivity index (χ2n) is 9.59. The molecular weight excluding hydrogens is 619 g/mol. The van der Waals surface area contributed by atoms with Crippen LogP contribution >= 0.6 is 15.9 Å². The van der Waals surface area contributed by atoms with Crippen LogP contribution in [0.3, 0.4) is 0 Å². The Morgan fingerprint density at radius 1 is 0.425 bits per heavy atom. The Kier molecular flexibility index (Phi) is 6.75. The zero-order valence-electron chi connectivity index (χ0n) is 21.6. The molecule has 2 nitrogen and oxygen atoms in total. The third-order valence-electron chi connectivity index (χ3n) is 7.05. The van der Waals surface area contributed by atoms with Crippen molar-refractivity contribution in [2.24, 2.45) is 0 Å². The van der Waals surface area contributed by atoms with E-state index in [0.717, 1.165) is 32.9 Å². The van der Waals surface area contributed by atoms with Crippen LogP contribution in [0.25, 0.3) is 19.3 Å². The molecule has 7 aromatic rings. The molecule has 0 atom stereocenters. The molecule has 0 aliphatic heterocycles. The molecule has 40 heavy (non-hydrogen) atoms. The molecule has 1 heterocycles. The van der Waals surface area contributed by atoms with E-state index in [4.69, 9.17) is 0 Å². The fourth-order valence-corrected chi connectivity index (χ4v) is 8.17. The summed E-state index contributed by atoms with van der Waals surface area (Å²) in [6.45, 7) is 0. The molecule has 0 unspecified atom stereocenters. The molecule has 0 spiro atoms. The van der Waals surface area contributed by atoms with Gasteiger partial charge in [-0.25, -0.2) is 0 Å². The first-order valence-electron chi connectivity index (χ1n) is 13.2. The van der Waals surface area contributed by atoms with Gasteiger partial charge in [0.05, 0.1) is 0 Å². The fourth-order valence-electron chi connectivity index (χ4n) is 5.34. The van der Waals surface area contributed by atoms with Crippen molar-refractivity contribution in [3.63, 3.8) is 0 Å². The summed E-state index contributed by atoms with van der Waals surface area (Å²) >= 11 is 3.92. The summed E-state index contributed by atoms with van der Waals surface area (Å²) in [5.41, 5.74) is 6.84. The number of fused-ring (bicyclic) bond motifs is 3. The van der Waals surface area contributed by atoms with Gasteiger partial charge in [0, 0.05) is 0 Å². The van der Waals surface area contributed by atoms with E-state index in [1.54, 1.807) is 0 Å². The van der Waals surface area contributed by atoms with Gasteiger partial charge in [-0.1, -0.05) is 0 Å². The summed E-state index contributed by atoms with van der Waals surface area (Å²) in [4.78, 5) is 4.77. The second-order valence-corrected chi connectivity index (χ2v) is 12.8. The van der Waals surface area contributed by atoms with Crippen molar-refractivity contribution in [3.8, 4) is 0 Å². The molecule has 4 heteroatoms. The van der Waals surface area contributed by atoms with Gasteiger partial charge in [-0.15, -0.1) is 0 Å². The molecule has 0 bridgehead atoms. The molecule has 0 fully saturated rings. The summed E-state index contributed by atoms with van der Waals surface area (Å²) in [6.07, 6.45) is 0. The van der Waals surface area contributed by atoms with E-state index in [1.807, 2.05) is 0 Å². The first-order chi connectivity index (χ1) is 19.8. The maximum atomic E-state index is 3.71. The molecule has 0 saturated heterocycles. The van der Waals surface area contributed by atoms with Crippen molar-refractivity contribution < 1.29 is 0 Å². The van der Waals surface area contributed by atoms with Crippen LogP contribution in [0.1, 0.15) is 0 Å². The molecule has 6 aromatic carbocycles. The van der Waals surface area contributed by atoms with Crippen LogP contribution in [0.15, 0.2) is 156 Å². The molecule has 192 valence electrons. The minimum atomic E-state index is 0.204. The van der Waals surface area contributed by atoms with E-state index in [9.17, 15) is 0 Å². The molecular formula is C36H25BrN2Se. The van der Waals surface area contributed by atoms with Gasteiger partial charge in [0.1, 0.15) is 0 Å². The standard InChI is InChI=1S/C36H25BrN2Se/c37-26-13-12-20-30(23-26)38(27-14-4-1-5-15-27)31-24-33(36-32-21-10-11-22-34(32)40-35(36)25-31)39(28-16-6-2-7-17-28)29-18-8-3-9-19-29/h1-25H. The number of halogens is 1. The number of hydrogen-bond acceptors (Lipinski definition) is 2. The van der Waals surface area contributed by atoms with Gasteiger partial charge in [-0.3, -0.25) is 0 Å². The van der Waals surface area contributed by atoms with Crippen molar-refractivity contribution in [1.82, 2.24) is 0 Å². The number of anilines is 6. The minimum absolute atomic E-state index is 0.204. The van der Waals surface area contributed by atoms with Crippen molar-refractivity contribution >= 4 is 83.9 Å². The summed E-state index contributed by atoms with van der Waals surface area (Å²) < 4.78 is 3.88. The SMILES string of the molecule is Brc1cccc(N(c2ccccc2)c2cc(N(c3ccccc3)c3ccccc3)c3c(c2)[se]c2ccccc23)c1. The molecule has 0 radical (unpaired) electrons. The van der Waals surface area contributed by atoms with Crippen LogP contribution < -0.4 is 9.80 Å². The van der Waals surface area contributed by atoms with Gasteiger partial charge >= 0.3 is 250 Å². The first kappa shape index (κ1) is 24.9. The molecule has 0 amide bonds. The van der Waals surface area contributed by atoms with E-state index in [-0.39, 0.29) is 14.5 Å². The molecule has 0 aliphatic rings. The summed E-state index contributed by atoms with van der Waals surface area (Å²) in [7, 11) is 0. The van der Waals surface area contributed by atoms with E-state index >= 15 is 0 Å². The molecule has 7 rings (SSSR count). The quantitative estimate of drug-likeness (QED) is 0.166. The topological polar surface area (TPSA) is 6.48 Å². The molecule has 0 saturated carbocycles. The number of rotatable bonds is 6. The number of nitrogens with zero attached hydrogens (tertiary/aromatic N) is 2. The average molecular weight is 644 g/mol. The predicted octanol–water partition coefficient (Wildman–Crippen LogP) is 10.8. The third-order valence-corrected chi connectivity index (χ3v) is 9.89.